The van der Waals surface area contributed by atoms with E-state index < -0.39 is 0 Å². The van der Waals surface area contributed by atoms with Crippen LogP contribution in [-0.4, -0.2) is 12.4 Å². The molecule has 0 spiro atoms. The van der Waals surface area contributed by atoms with Crippen molar-refractivity contribution in [2.45, 2.75) is 6.42 Å². The molecule has 2 aromatic carbocycles. The number of halogens is 3. The second-order valence-corrected chi connectivity index (χ2v) is 6.20. The SMILES string of the molecule is O=C(c1ccc(Cl)c(Br)c1)c1cc(Cl)cc2c1OCC2. The lowest BCUT2D eigenvalue weighted by atomic mass is 10.00. The van der Waals surface area contributed by atoms with Gasteiger partial charge in [-0.15, -0.1) is 0 Å². The smallest absolute Gasteiger partial charge is 0.196 e. The van der Waals surface area contributed by atoms with Gasteiger partial charge in [0.2, 0.25) is 0 Å². The minimum absolute atomic E-state index is 0.122. The zero-order chi connectivity index (χ0) is 14.3. The Morgan fingerprint density at radius 3 is 2.75 bits per heavy atom. The number of hydrogen-bond acceptors (Lipinski definition) is 2. The Morgan fingerprint density at radius 2 is 2.00 bits per heavy atom. The molecule has 0 amide bonds. The molecule has 0 fully saturated rings. The summed E-state index contributed by atoms with van der Waals surface area (Å²) in [6.45, 7) is 0.584. The van der Waals surface area contributed by atoms with Crippen molar-refractivity contribution < 1.29 is 9.53 Å². The molecular formula is C15H9BrCl2O2. The largest absolute Gasteiger partial charge is 0.492 e. The van der Waals surface area contributed by atoms with E-state index in [9.17, 15) is 4.79 Å². The first-order chi connectivity index (χ1) is 9.56. The van der Waals surface area contributed by atoms with Crippen molar-refractivity contribution in [2.75, 3.05) is 6.61 Å². The summed E-state index contributed by atoms with van der Waals surface area (Å²) in [6.07, 6.45) is 0.778. The molecule has 1 aliphatic rings. The lowest BCUT2D eigenvalue weighted by Crippen LogP contribution is -2.04. The van der Waals surface area contributed by atoms with Gasteiger partial charge in [-0.25, -0.2) is 0 Å². The third-order valence-corrected chi connectivity index (χ3v) is 4.61. The molecule has 0 aliphatic carbocycles. The minimum atomic E-state index is -0.122. The van der Waals surface area contributed by atoms with Gasteiger partial charge in [-0.3, -0.25) is 4.79 Å². The molecule has 0 radical (unpaired) electrons. The maximum atomic E-state index is 12.6. The maximum Gasteiger partial charge on any atom is 0.196 e. The first kappa shape index (κ1) is 13.9. The van der Waals surface area contributed by atoms with E-state index in [2.05, 4.69) is 15.9 Å². The van der Waals surface area contributed by atoms with E-state index in [4.69, 9.17) is 27.9 Å². The Morgan fingerprint density at radius 1 is 1.20 bits per heavy atom. The third-order valence-electron chi connectivity index (χ3n) is 3.17. The summed E-state index contributed by atoms with van der Waals surface area (Å²) in [7, 11) is 0. The van der Waals surface area contributed by atoms with Gasteiger partial charge in [0.05, 0.1) is 17.2 Å². The van der Waals surface area contributed by atoms with Gasteiger partial charge in [0, 0.05) is 21.5 Å². The molecule has 0 aromatic heterocycles. The van der Waals surface area contributed by atoms with Gasteiger partial charge in [-0.1, -0.05) is 23.2 Å². The van der Waals surface area contributed by atoms with Crippen LogP contribution < -0.4 is 4.74 Å². The van der Waals surface area contributed by atoms with Gasteiger partial charge >= 0.3 is 0 Å². The summed E-state index contributed by atoms with van der Waals surface area (Å²) in [6, 6.07) is 8.57. The van der Waals surface area contributed by atoms with Crippen molar-refractivity contribution in [1.29, 1.82) is 0 Å². The molecule has 0 atom stereocenters. The summed E-state index contributed by atoms with van der Waals surface area (Å²) in [5, 5.41) is 1.11. The number of carbonyl (C=O) groups is 1. The normalized spacial score (nSPS) is 12.9. The van der Waals surface area contributed by atoms with Crippen molar-refractivity contribution in [1.82, 2.24) is 0 Å². The van der Waals surface area contributed by atoms with E-state index in [0.717, 1.165) is 12.0 Å². The Bertz CT molecular complexity index is 713. The standard InChI is InChI=1S/C15H9BrCl2O2/c16-12-6-8(1-2-13(12)18)14(19)11-7-10(17)5-9-3-4-20-15(9)11/h1-2,5-7H,3-4H2. The fraction of sp³-hybridized carbons (Fsp3) is 0.133. The molecule has 3 rings (SSSR count). The van der Waals surface area contributed by atoms with Crippen LogP contribution in [0.4, 0.5) is 0 Å². The zero-order valence-corrected chi connectivity index (χ0v) is 13.3. The van der Waals surface area contributed by atoms with Crippen LogP contribution in [0.2, 0.25) is 10.0 Å². The van der Waals surface area contributed by atoms with Gasteiger partial charge in [0.15, 0.2) is 5.78 Å². The van der Waals surface area contributed by atoms with Crippen LogP contribution in [0.25, 0.3) is 0 Å². The van der Waals surface area contributed by atoms with Gasteiger partial charge in [0.25, 0.3) is 0 Å². The first-order valence-corrected chi connectivity index (χ1v) is 7.56. The fourth-order valence-corrected chi connectivity index (χ4v) is 2.97. The Labute approximate surface area is 134 Å². The molecule has 1 heterocycles. The Balaban J connectivity index is 2.09. The maximum absolute atomic E-state index is 12.6. The second kappa shape index (κ2) is 5.40. The monoisotopic (exact) mass is 370 g/mol. The molecule has 0 unspecified atom stereocenters. The average Bonchev–Trinajstić information content (AvgIpc) is 2.88. The molecule has 0 N–H and O–H groups in total. The van der Waals surface area contributed by atoms with Crippen LogP contribution in [0.5, 0.6) is 5.75 Å². The molecule has 2 nitrogen and oxygen atoms in total. The fourth-order valence-electron chi connectivity index (χ4n) is 2.23. The average molecular weight is 372 g/mol. The number of benzene rings is 2. The van der Waals surface area contributed by atoms with Crippen molar-refractivity contribution in [3.8, 4) is 5.75 Å². The van der Waals surface area contributed by atoms with E-state index in [-0.39, 0.29) is 5.78 Å². The molecule has 0 saturated carbocycles. The van der Waals surface area contributed by atoms with Gasteiger partial charge < -0.3 is 4.74 Å². The quantitative estimate of drug-likeness (QED) is 0.700. The summed E-state index contributed by atoms with van der Waals surface area (Å²) in [5.41, 5.74) is 2.02. The predicted octanol–water partition coefficient (Wildman–Crippen LogP) is 4.92. The van der Waals surface area contributed by atoms with E-state index >= 15 is 0 Å². The summed E-state index contributed by atoms with van der Waals surface area (Å²) in [4.78, 5) is 12.6. The van der Waals surface area contributed by atoms with Crippen molar-refractivity contribution in [3.05, 3.63) is 61.5 Å². The lowest BCUT2D eigenvalue weighted by Gasteiger charge is -2.09. The number of ether oxygens (including phenoxy) is 1. The predicted molar refractivity (Wildman–Crippen MR) is 83.2 cm³/mol. The van der Waals surface area contributed by atoms with Crippen LogP contribution in [0.3, 0.4) is 0 Å². The Hall–Kier alpha value is -1.03. The number of ketones is 1. The van der Waals surface area contributed by atoms with Crippen LogP contribution in [-0.2, 0) is 6.42 Å². The van der Waals surface area contributed by atoms with Crippen molar-refractivity contribution >= 4 is 44.9 Å². The number of rotatable bonds is 2. The number of carbonyl (C=O) groups excluding carboxylic acids is 1. The molecule has 102 valence electrons. The third kappa shape index (κ3) is 2.46. The highest BCUT2D eigenvalue weighted by molar-refractivity contribution is 9.10. The molecule has 0 saturated heterocycles. The number of fused-ring (bicyclic) bond motifs is 1. The summed E-state index contributed by atoms with van der Waals surface area (Å²) < 4.78 is 6.25. The van der Waals surface area contributed by atoms with Crippen LogP contribution in [0.15, 0.2) is 34.8 Å². The van der Waals surface area contributed by atoms with Gasteiger partial charge in [0.1, 0.15) is 5.75 Å². The lowest BCUT2D eigenvalue weighted by molar-refractivity contribution is 0.103. The van der Waals surface area contributed by atoms with Crippen molar-refractivity contribution in [2.24, 2.45) is 0 Å². The summed E-state index contributed by atoms with van der Waals surface area (Å²) in [5.74, 6) is 0.522. The second-order valence-electron chi connectivity index (χ2n) is 4.50. The number of hydrogen-bond donors (Lipinski definition) is 0. The highest BCUT2D eigenvalue weighted by Crippen LogP contribution is 2.35. The first-order valence-electron chi connectivity index (χ1n) is 6.01. The summed E-state index contributed by atoms with van der Waals surface area (Å²) >= 11 is 15.3. The highest BCUT2D eigenvalue weighted by atomic mass is 79.9. The van der Waals surface area contributed by atoms with E-state index in [1.807, 2.05) is 6.07 Å². The van der Waals surface area contributed by atoms with E-state index in [1.165, 1.54) is 0 Å². The molecule has 0 bridgehead atoms. The van der Waals surface area contributed by atoms with Crippen LogP contribution >= 0.6 is 39.1 Å². The van der Waals surface area contributed by atoms with E-state index in [1.54, 1.807) is 24.3 Å². The molecule has 2 aromatic rings. The van der Waals surface area contributed by atoms with Crippen LogP contribution in [0.1, 0.15) is 21.5 Å². The zero-order valence-electron chi connectivity index (χ0n) is 10.3. The topological polar surface area (TPSA) is 26.3 Å². The van der Waals surface area contributed by atoms with Crippen molar-refractivity contribution in [3.63, 3.8) is 0 Å². The van der Waals surface area contributed by atoms with Crippen LogP contribution in [0, 0.1) is 0 Å². The molecule has 1 aliphatic heterocycles. The van der Waals surface area contributed by atoms with Gasteiger partial charge in [-0.2, -0.15) is 0 Å². The minimum Gasteiger partial charge on any atom is -0.492 e. The molecular weight excluding hydrogens is 363 g/mol. The highest BCUT2D eigenvalue weighted by Gasteiger charge is 2.23. The molecule has 5 heteroatoms. The Kier molecular flexibility index (Phi) is 3.76. The van der Waals surface area contributed by atoms with E-state index in [0.29, 0.717) is 38.0 Å². The van der Waals surface area contributed by atoms with Gasteiger partial charge in [-0.05, 0) is 51.8 Å². The molecule has 20 heavy (non-hydrogen) atoms.